The van der Waals surface area contributed by atoms with Crippen molar-refractivity contribution in [3.05, 3.63) is 23.3 Å². The van der Waals surface area contributed by atoms with Gasteiger partial charge in [0.1, 0.15) is 6.10 Å². The van der Waals surface area contributed by atoms with Gasteiger partial charge in [0.2, 0.25) is 11.8 Å². The van der Waals surface area contributed by atoms with E-state index in [1.165, 1.54) is 0 Å². The van der Waals surface area contributed by atoms with Gasteiger partial charge in [-0.2, -0.15) is 5.21 Å². The summed E-state index contributed by atoms with van der Waals surface area (Å²) in [5.41, 5.74) is 1.20. The molecule has 0 aromatic carbocycles. The van der Waals surface area contributed by atoms with Crippen LogP contribution < -0.4 is 4.90 Å². The van der Waals surface area contributed by atoms with Gasteiger partial charge in [-0.1, -0.05) is 5.21 Å². The van der Waals surface area contributed by atoms with Gasteiger partial charge in [0.25, 0.3) is 5.91 Å². The van der Waals surface area contributed by atoms with Crippen molar-refractivity contribution < 1.29 is 9.53 Å². The summed E-state index contributed by atoms with van der Waals surface area (Å²) in [7, 11) is 2.11. The lowest BCUT2D eigenvalue weighted by Crippen LogP contribution is -2.45. The van der Waals surface area contributed by atoms with Crippen molar-refractivity contribution in [2.75, 3.05) is 57.8 Å². The molecular weight excluding hydrogens is 350 g/mol. The van der Waals surface area contributed by atoms with E-state index in [4.69, 9.17) is 4.74 Å². The molecule has 0 saturated carbocycles. The number of piperazine rings is 1. The van der Waals surface area contributed by atoms with Crippen LogP contribution in [0.3, 0.4) is 0 Å². The van der Waals surface area contributed by atoms with Crippen LogP contribution in [0.25, 0.3) is 0 Å². The molecule has 2 fully saturated rings. The predicted octanol–water partition coefficient (Wildman–Crippen LogP) is -0.736. The van der Waals surface area contributed by atoms with E-state index in [0.717, 1.165) is 26.2 Å². The molecule has 4 heterocycles. The SMILES string of the molecule is Cc1nc(N2CCN(C)CC2)ncc1C(=O)N1CCOC(c2nn[nH]n2)C1. The Morgan fingerprint density at radius 3 is 2.78 bits per heavy atom. The van der Waals surface area contributed by atoms with E-state index in [9.17, 15) is 4.79 Å². The highest BCUT2D eigenvalue weighted by atomic mass is 16.5. The highest BCUT2D eigenvalue weighted by molar-refractivity contribution is 5.95. The van der Waals surface area contributed by atoms with Crippen LogP contribution in [0, 0.1) is 6.92 Å². The summed E-state index contributed by atoms with van der Waals surface area (Å²) in [6.07, 6.45) is 1.25. The molecule has 2 aliphatic rings. The van der Waals surface area contributed by atoms with Crippen LogP contribution in [0.1, 0.15) is 28.0 Å². The average Bonchev–Trinajstić information content (AvgIpc) is 3.23. The van der Waals surface area contributed by atoms with Crippen molar-refractivity contribution in [1.29, 1.82) is 0 Å². The van der Waals surface area contributed by atoms with E-state index in [2.05, 4.69) is 47.4 Å². The summed E-state index contributed by atoms with van der Waals surface area (Å²) in [6, 6.07) is 0. The number of anilines is 1. The molecule has 11 nitrogen and oxygen atoms in total. The Labute approximate surface area is 156 Å². The third-order valence-corrected chi connectivity index (χ3v) is 4.99. The number of likely N-dealkylation sites (N-methyl/N-ethyl adjacent to an activating group) is 1. The molecule has 2 aromatic heterocycles. The lowest BCUT2D eigenvalue weighted by atomic mass is 10.2. The van der Waals surface area contributed by atoms with E-state index in [1.807, 2.05) is 6.92 Å². The summed E-state index contributed by atoms with van der Waals surface area (Å²) in [6.45, 7) is 6.89. The molecule has 1 unspecified atom stereocenters. The Morgan fingerprint density at radius 2 is 2.07 bits per heavy atom. The van der Waals surface area contributed by atoms with Gasteiger partial charge in [0.05, 0.1) is 24.4 Å². The number of morpholine rings is 1. The highest BCUT2D eigenvalue weighted by Gasteiger charge is 2.30. The number of ether oxygens (including phenoxy) is 1. The molecule has 0 spiro atoms. The molecule has 4 rings (SSSR count). The predicted molar refractivity (Wildman–Crippen MR) is 95.3 cm³/mol. The maximum absolute atomic E-state index is 13.0. The molecule has 0 bridgehead atoms. The van der Waals surface area contributed by atoms with Crippen molar-refractivity contribution in [3.63, 3.8) is 0 Å². The van der Waals surface area contributed by atoms with Gasteiger partial charge in [0, 0.05) is 38.9 Å². The Balaban J connectivity index is 1.47. The molecule has 11 heteroatoms. The van der Waals surface area contributed by atoms with Crippen molar-refractivity contribution in [2.24, 2.45) is 0 Å². The zero-order valence-corrected chi connectivity index (χ0v) is 15.5. The number of hydrogen-bond donors (Lipinski definition) is 1. The first kappa shape index (κ1) is 17.7. The molecule has 27 heavy (non-hydrogen) atoms. The van der Waals surface area contributed by atoms with Crippen LogP contribution in [-0.4, -0.2) is 99.2 Å². The molecule has 2 saturated heterocycles. The number of rotatable bonds is 3. The molecule has 1 amide bonds. The van der Waals surface area contributed by atoms with E-state index in [0.29, 0.717) is 42.7 Å². The Hall–Kier alpha value is -2.66. The van der Waals surface area contributed by atoms with Crippen LogP contribution in [0.2, 0.25) is 0 Å². The minimum atomic E-state index is -0.382. The number of aromatic amines is 1. The topological polar surface area (TPSA) is 116 Å². The van der Waals surface area contributed by atoms with Crippen LogP contribution >= 0.6 is 0 Å². The van der Waals surface area contributed by atoms with Crippen LogP contribution in [0.4, 0.5) is 5.95 Å². The van der Waals surface area contributed by atoms with E-state index >= 15 is 0 Å². The van der Waals surface area contributed by atoms with Crippen molar-refractivity contribution in [2.45, 2.75) is 13.0 Å². The molecule has 1 atom stereocenters. The normalized spacial score (nSPS) is 21.5. The van der Waals surface area contributed by atoms with Gasteiger partial charge >= 0.3 is 0 Å². The Kier molecular flexibility index (Phi) is 4.94. The number of carbonyl (C=O) groups excluding carboxylic acids is 1. The summed E-state index contributed by atoms with van der Waals surface area (Å²) >= 11 is 0. The average molecular weight is 373 g/mol. The van der Waals surface area contributed by atoms with Gasteiger partial charge in [0.15, 0.2) is 0 Å². The Morgan fingerprint density at radius 1 is 1.26 bits per heavy atom. The second-order valence-corrected chi connectivity index (χ2v) is 6.84. The zero-order chi connectivity index (χ0) is 18.8. The van der Waals surface area contributed by atoms with Gasteiger partial charge in [-0.25, -0.2) is 9.97 Å². The second-order valence-electron chi connectivity index (χ2n) is 6.84. The fourth-order valence-electron chi connectivity index (χ4n) is 3.29. The molecule has 2 aromatic rings. The number of hydrogen-bond acceptors (Lipinski definition) is 9. The Bertz CT molecular complexity index is 789. The number of amides is 1. The minimum absolute atomic E-state index is 0.103. The van der Waals surface area contributed by atoms with Crippen LogP contribution in [0.15, 0.2) is 6.20 Å². The van der Waals surface area contributed by atoms with Gasteiger partial charge in [-0.05, 0) is 14.0 Å². The number of nitrogens with one attached hydrogen (secondary N) is 1. The van der Waals surface area contributed by atoms with Gasteiger partial charge in [-0.15, -0.1) is 10.2 Å². The number of aromatic nitrogens is 6. The summed E-state index contributed by atoms with van der Waals surface area (Å²) in [5, 5.41) is 13.9. The fourth-order valence-corrected chi connectivity index (χ4v) is 3.29. The third kappa shape index (κ3) is 3.74. The quantitative estimate of drug-likeness (QED) is 0.743. The van der Waals surface area contributed by atoms with Crippen LogP contribution in [-0.2, 0) is 4.74 Å². The van der Waals surface area contributed by atoms with E-state index in [-0.39, 0.29) is 12.0 Å². The summed E-state index contributed by atoms with van der Waals surface area (Å²) in [4.78, 5) is 28.2. The summed E-state index contributed by atoms with van der Waals surface area (Å²) in [5.74, 6) is 1.03. The number of tetrazole rings is 1. The maximum atomic E-state index is 13.0. The molecular formula is C16H23N9O2. The lowest BCUT2D eigenvalue weighted by molar-refractivity contribution is -0.0268. The highest BCUT2D eigenvalue weighted by Crippen LogP contribution is 2.21. The van der Waals surface area contributed by atoms with Gasteiger partial charge in [-0.3, -0.25) is 4.79 Å². The second kappa shape index (κ2) is 7.53. The number of nitrogens with zero attached hydrogens (tertiary/aromatic N) is 8. The van der Waals surface area contributed by atoms with Crippen molar-refractivity contribution >= 4 is 11.9 Å². The molecule has 0 aliphatic carbocycles. The molecule has 1 N–H and O–H groups in total. The van der Waals surface area contributed by atoms with Crippen LogP contribution in [0.5, 0.6) is 0 Å². The molecule has 0 radical (unpaired) electrons. The van der Waals surface area contributed by atoms with Crippen molar-refractivity contribution in [1.82, 2.24) is 40.4 Å². The van der Waals surface area contributed by atoms with E-state index < -0.39 is 0 Å². The number of H-pyrrole nitrogens is 1. The van der Waals surface area contributed by atoms with E-state index in [1.54, 1.807) is 11.1 Å². The molecule has 2 aliphatic heterocycles. The standard InChI is InChI=1S/C16H23N9O2/c1-11-12(9-17-16(18-11)24-5-3-23(2)4-6-24)15(26)25-7-8-27-13(10-25)14-19-21-22-20-14/h9,13H,3-8,10H2,1-2H3,(H,19,20,21,22). The summed E-state index contributed by atoms with van der Waals surface area (Å²) < 4.78 is 5.66. The lowest BCUT2D eigenvalue weighted by Gasteiger charge is -2.33. The smallest absolute Gasteiger partial charge is 0.257 e. The largest absolute Gasteiger partial charge is 0.366 e. The van der Waals surface area contributed by atoms with Gasteiger partial charge < -0.3 is 19.4 Å². The zero-order valence-electron chi connectivity index (χ0n) is 15.5. The van der Waals surface area contributed by atoms with Crippen molar-refractivity contribution in [3.8, 4) is 0 Å². The first-order valence-electron chi connectivity index (χ1n) is 9.03. The fraction of sp³-hybridized carbons (Fsp3) is 0.625. The maximum Gasteiger partial charge on any atom is 0.257 e. The number of carbonyl (C=O) groups is 1. The monoisotopic (exact) mass is 373 g/mol. The third-order valence-electron chi connectivity index (χ3n) is 4.99. The molecule has 144 valence electrons. The minimum Gasteiger partial charge on any atom is -0.366 e. The number of aryl methyl sites for hydroxylation is 1. The first-order valence-corrected chi connectivity index (χ1v) is 9.03. The first-order chi connectivity index (χ1) is 13.1.